The summed E-state index contributed by atoms with van der Waals surface area (Å²) in [5.74, 6) is 0.464. The van der Waals surface area contributed by atoms with Gasteiger partial charge >= 0.3 is 0 Å². The van der Waals surface area contributed by atoms with Gasteiger partial charge in [0.15, 0.2) is 0 Å². The highest BCUT2D eigenvalue weighted by atomic mass is 32.1. The molecule has 0 radical (unpaired) electrons. The third kappa shape index (κ3) is 2.37. The zero-order valence-electron chi connectivity index (χ0n) is 10.9. The molecule has 102 valence electrons. The van der Waals surface area contributed by atoms with E-state index >= 15 is 0 Å². The van der Waals surface area contributed by atoms with Crippen LogP contribution in [0.1, 0.15) is 18.5 Å². The molecule has 0 saturated heterocycles. The van der Waals surface area contributed by atoms with Crippen molar-refractivity contribution in [3.8, 4) is 0 Å². The average Bonchev–Trinajstić information content (AvgIpc) is 2.94. The minimum atomic E-state index is -0.192. The van der Waals surface area contributed by atoms with Crippen LogP contribution in [0.5, 0.6) is 0 Å². The Morgan fingerprint density at radius 1 is 1.40 bits per heavy atom. The van der Waals surface area contributed by atoms with Crippen LogP contribution in [0.15, 0.2) is 39.8 Å². The molecule has 0 aliphatic heterocycles. The fraction of sp³-hybridized carbons (Fsp3) is 0.143. The number of fused-ring (bicyclic) bond motifs is 1. The number of thiophene rings is 1. The Labute approximate surface area is 119 Å². The Balaban J connectivity index is 1.97. The van der Waals surface area contributed by atoms with E-state index in [0.717, 1.165) is 5.56 Å². The van der Waals surface area contributed by atoms with E-state index in [1.807, 2.05) is 18.4 Å². The maximum absolute atomic E-state index is 12.0. The summed E-state index contributed by atoms with van der Waals surface area (Å²) in [6, 6.07) is 7.24. The molecule has 3 aromatic rings. The number of aromatic nitrogens is 2. The molecule has 0 bridgehead atoms. The summed E-state index contributed by atoms with van der Waals surface area (Å²) >= 11 is 1.64. The van der Waals surface area contributed by atoms with Gasteiger partial charge in [-0.2, -0.15) is 11.3 Å². The molecule has 1 atom stereocenters. The van der Waals surface area contributed by atoms with E-state index in [-0.39, 0.29) is 11.6 Å². The van der Waals surface area contributed by atoms with Crippen LogP contribution in [0, 0.1) is 0 Å². The number of nitrogens with zero attached hydrogens (tertiary/aromatic N) is 1. The molecule has 4 N–H and O–H groups in total. The van der Waals surface area contributed by atoms with Crippen molar-refractivity contribution in [2.24, 2.45) is 0 Å². The number of hydrogen-bond donors (Lipinski definition) is 3. The van der Waals surface area contributed by atoms with Crippen LogP contribution in [-0.4, -0.2) is 9.97 Å². The van der Waals surface area contributed by atoms with E-state index in [9.17, 15) is 4.79 Å². The van der Waals surface area contributed by atoms with Gasteiger partial charge in [0, 0.05) is 5.69 Å². The highest BCUT2D eigenvalue weighted by Gasteiger charge is 2.09. The predicted octanol–water partition coefficient (Wildman–Crippen LogP) is 2.74. The quantitative estimate of drug-likeness (QED) is 0.646. The molecule has 3 rings (SSSR count). The number of hydrogen-bond acceptors (Lipinski definition) is 5. The molecule has 0 aliphatic rings. The van der Waals surface area contributed by atoms with Gasteiger partial charge in [0.05, 0.1) is 16.9 Å². The molecule has 20 heavy (non-hydrogen) atoms. The van der Waals surface area contributed by atoms with Gasteiger partial charge in [0.1, 0.15) is 0 Å². The summed E-state index contributed by atoms with van der Waals surface area (Å²) in [5, 5.41) is 7.79. The number of rotatable bonds is 3. The molecule has 1 unspecified atom stereocenters. The number of anilines is 2. The summed E-state index contributed by atoms with van der Waals surface area (Å²) in [6.07, 6.45) is 0. The van der Waals surface area contributed by atoms with E-state index in [4.69, 9.17) is 5.73 Å². The molecule has 1 aromatic carbocycles. The average molecular weight is 286 g/mol. The molecule has 5 nitrogen and oxygen atoms in total. The highest BCUT2D eigenvalue weighted by molar-refractivity contribution is 7.07. The fourth-order valence-electron chi connectivity index (χ4n) is 2.03. The van der Waals surface area contributed by atoms with Crippen molar-refractivity contribution in [1.82, 2.24) is 9.97 Å². The second-order valence-electron chi connectivity index (χ2n) is 4.61. The first-order chi connectivity index (χ1) is 9.63. The van der Waals surface area contributed by atoms with Crippen LogP contribution < -0.4 is 16.6 Å². The van der Waals surface area contributed by atoms with Gasteiger partial charge in [0.2, 0.25) is 5.95 Å². The fourth-order valence-corrected chi connectivity index (χ4v) is 2.79. The van der Waals surface area contributed by atoms with Crippen molar-refractivity contribution >= 4 is 33.9 Å². The van der Waals surface area contributed by atoms with Crippen LogP contribution >= 0.6 is 11.3 Å². The first-order valence-electron chi connectivity index (χ1n) is 6.21. The van der Waals surface area contributed by atoms with Crippen molar-refractivity contribution in [3.05, 3.63) is 50.9 Å². The van der Waals surface area contributed by atoms with Crippen LogP contribution in [0.2, 0.25) is 0 Å². The second-order valence-corrected chi connectivity index (χ2v) is 5.39. The Morgan fingerprint density at radius 2 is 2.25 bits per heavy atom. The second kappa shape index (κ2) is 4.97. The summed E-state index contributed by atoms with van der Waals surface area (Å²) in [4.78, 5) is 19.2. The van der Waals surface area contributed by atoms with E-state index in [2.05, 4.69) is 20.7 Å². The van der Waals surface area contributed by atoms with Crippen LogP contribution in [0.25, 0.3) is 10.9 Å². The number of aromatic amines is 1. The minimum absolute atomic E-state index is 0.0793. The maximum Gasteiger partial charge on any atom is 0.260 e. The van der Waals surface area contributed by atoms with E-state index in [0.29, 0.717) is 22.5 Å². The summed E-state index contributed by atoms with van der Waals surface area (Å²) in [6.45, 7) is 2.02. The van der Waals surface area contributed by atoms with Gasteiger partial charge in [-0.25, -0.2) is 4.98 Å². The molecular weight excluding hydrogens is 272 g/mol. The third-order valence-electron chi connectivity index (χ3n) is 3.13. The predicted molar refractivity (Wildman–Crippen MR) is 83.1 cm³/mol. The minimum Gasteiger partial charge on any atom is -0.399 e. The van der Waals surface area contributed by atoms with Crippen LogP contribution in [0.3, 0.4) is 0 Å². The van der Waals surface area contributed by atoms with Crippen molar-refractivity contribution in [3.63, 3.8) is 0 Å². The Bertz CT molecular complexity index is 795. The Morgan fingerprint density at radius 3 is 3.00 bits per heavy atom. The van der Waals surface area contributed by atoms with Gasteiger partial charge in [-0.3, -0.25) is 9.78 Å². The van der Waals surface area contributed by atoms with Crippen molar-refractivity contribution < 1.29 is 0 Å². The molecule has 0 amide bonds. The van der Waals surface area contributed by atoms with Crippen LogP contribution in [0.4, 0.5) is 11.6 Å². The lowest BCUT2D eigenvalue weighted by molar-refractivity contribution is 0.866. The van der Waals surface area contributed by atoms with Crippen LogP contribution in [-0.2, 0) is 0 Å². The summed E-state index contributed by atoms with van der Waals surface area (Å²) in [7, 11) is 0. The Hall–Kier alpha value is -2.34. The van der Waals surface area contributed by atoms with Gasteiger partial charge in [0.25, 0.3) is 5.56 Å². The first kappa shape index (κ1) is 12.7. The number of H-pyrrole nitrogens is 1. The van der Waals surface area contributed by atoms with Gasteiger partial charge in [-0.05, 0) is 47.5 Å². The lowest BCUT2D eigenvalue weighted by atomic mass is 10.2. The highest BCUT2D eigenvalue weighted by Crippen LogP contribution is 2.20. The normalized spacial score (nSPS) is 12.4. The molecule has 0 fully saturated rings. The lowest BCUT2D eigenvalue weighted by Gasteiger charge is -2.13. The van der Waals surface area contributed by atoms with E-state index in [1.54, 1.807) is 29.5 Å². The zero-order valence-corrected chi connectivity index (χ0v) is 11.7. The molecule has 0 aliphatic carbocycles. The van der Waals surface area contributed by atoms with E-state index in [1.165, 1.54) is 0 Å². The van der Waals surface area contributed by atoms with Gasteiger partial charge in [-0.15, -0.1) is 0 Å². The third-order valence-corrected chi connectivity index (χ3v) is 3.83. The number of nitrogens with one attached hydrogen (secondary N) is 2. The standard InChI is InChI=1S/C14H14N4OS/c1-8(9-4-5-20-7-9)16-14-17-12-3-2-10(15)6-11(12)13(19)18-14/h2-8H,15H2,1H3,(H2,16,17,18,19). The SMILES string of the molecule is CC(Nc1nc2ccc(N)cc2c(=O)[nH]1)c1ccsc1. The van der Waals surface area contributed by atoms with Crippen molar-refractivity contribution in [2.75, 3.05) is 11.1 Å². The topological polar surface area (TPSA) is 83.8 Å². The van der Waals surface area contributed by atoms with Crippen molar-refractivity contribution in [1.29, 1.82) is 0 Å². The number of nitrogens with two attached hydrogens (primary N) is 1. The lowest BCUT2D eigenvalue weighted by Crippen LogP contribution is -2.15. The first-order valence-corrected chi connectivity index (χ1v) is 7.16. The van der Waals surface area contributed by atoms with Gasteiger partial charge < -0.3 is 11.1 Å². The molecule has 2 heterocycles. The maximum atomic E-state index is 12.0. The Kier molecular flexibility index (Phi) is 3.15. The monoisotopic (exact) mass is 286 g/mol. The largest absolute Gasteiger partial charge is 0.399 e. The molecule has 2 aromatic heterocycles. The van der Waals surface area contributed by atoms with Gasteiger partial charge in [-0.1, -0.05) is 0 Å². The summed E-state index contributed by atoms with van der Waals surface area (Å²) in [5.41, 5.74) is 7.83. The molecule has 0 saturated carbocycles. The molecule has 0 spiro atoms. The summed E-state index contributed by atoms with van der Waals surface area (Å²) < 4.78 is 0. The smallest absolute Gasteiger partial charge is 0.260 e. The molecule has 6 heteroatoms. The van der Waals surface area contributed by atoms with Crippen molar-refractivity contribution in [2.45, 2.75) is 13.0 Å². The number of benzene rings is 1. The van der Waals surface area contributed by atoms with E-state index < -0.39 is 0 Å². The molecular formula is C14H14N4OS. The zero-order chi connectivity index (χ0) is 14.1. The number of nitrogen functional groups attached to an aromatic ring is 1.